The standard InChI is InChI=1S/2C6H5I.2C2HF3O2/c2*7-6-4-2-1-3-5-6;2*3-2(4,5)1(6)7/h2*1-5H;2*(H,6,7). The van der Waals surface area contributed by atoms with E-state index in [0.717, 1.165) is 0 Å². The van der Waals surface area contributed by atoms with Crippen molar-refractivity contribution in [3.63, 3.8) is 0 Å². The van der Waals surface area contributed by atoms with E-state index in [0.29, 0.717) is 0 Å². The van der Waals surface area contributed by atoms with Gasteiger partial charge < -0.3 is 10.2 Å². The molecule has 0 saturated carbocycles. The lowest BCUT2D eigenvalue weighted by molar-refractivity contribution is -0.193. The average Bonchev–Trinajstić information content (AvgIpc) is 2.56. The lowest BCUT2D eigenvalue weighted by Crippen LogP contribution is -2.21. The average molecular weight is 636 g/mol. The highest BCUT2D eigenvalue weighted by Crippen LogP contribution is 2.13. The molecule has 2 rings (SSSR count). The molecule has 0 heterocycles. The second-order valence-corrected chi connectivity index (χ2v) is 6.69. The predicted molar refractivity (Wildman–Crippen MR) is 106 cm³/mol. The van der Waals surface area contributed by atoms with E-state index in [4.69, 9.17) is 19.8 Å². The molecule has 2 N–H and O–H groups in total. The second-order valence-electron chi connectivity index (χ2n) is 4.20. The lowest BCUT2D eigenvalue weighted by atomic mass is 10.4. The van der Waals surface area contributed by atoms with Gasteiger partial charge in [-0.25, -0.2) is 9.59 Å². The van der Waals surface area contributed by atoms with Crippen LogP contribution >= 0.6 is 45.2 Å². The van der Waals surface area contributed by atoms with Crippen LogP contribution in [0.2, 0.25) is 0 Å². The SMILES string of the molecule is Ic1ccccc1.Ic1ccccc1.O=C(O)C(F)(F)F.O=C(O)C(F)(F)F. The Balaban J connectivity index is 0. The van der Waals surface area contributed by atoms with Gasteiger partial charge in [0.05, 0.1) is 0 Å². The summed E-state index contributed by atoms with van der Waals surface area (Å²) in [5, 5.41) is 14.2. The zero-order valence-electron chi connectivity index (χ0n) is 13.5. The van der Waals surface area contributed by atoms with Crippen molar-refractivity contribution >= 4 is 57.1 Å². The first kappa shape index (κ1) is 28.6. The molecule has 28 heavy (non-hydrogen) atoms. The molecule has 0 aliphatic heterocycles. The number of carboxylic acids is 2. The number of rotatable bonds is 0. The summed E-state index contributed by atoms with van der Waals surface area (Å²) in [4.78, 5) is 17.8. The number of carboxylic acid groups (broad SMARTS) is 2. The van der Waals surface area contributed by atoms with E-state index < -0.39 is 24.3 Å². The van der Waals surface area contributed by atoms with Gasteiger partial charge in [-0.3, -0.25) is 0 Å². The van der Waals surface area contributed by atoms with Crippen molar-refractivity contribution in [3.8, 4) is 0 Å². The molecule has 0 atom stereocenters. The van der Waals surface area contributed by atoms with Gasteiger partial charge in [-0.15, -0.1) is 0 Å². The highest BCUT2D eigenvalue weighted by atomic mass is 127. The molecule has 0 aromatic heterocycles. The van der Waals surface area contributed by atoms with Gasteiger partial charge in [0.1, 0.15) is 0 Å². The summed E-state index contributed by atoms with van der Waals surface area (Å²) in [5.41, 5.74) is 0. The van der Waals surface area contributed by atoms with E-state index in [1.54, 1.807) is 0 Å². The van der Waals surface area contributed by atoms with Gasteiger partial charge in [0, 0.05) is 7.14 Å². The predicted octanol–water partition coefficient (Wildman–Crippen LogP) is 5.85. The van der Waals surface area contributed by atoms with Crippen LogP contribution in [0.3, 0.4) is 0 Å². The van der Waals surface area contributed by atoms with Crippen molar-refractivity contribution in [3.05, 3.63) is 67.8 Å². The largest absolute Gasteiger partial charge is 0.490 e. The Labute approximate surface area is 182 Å². The maximum absolute atomic E-state index is 10.6. The summed E-state index contributed by atoms with van der Waals surface area (Å²) < 4.78 is 66.1. The van der Waals surface area contributed by atoms with Crippen LogP contribution in [0.25, 0.3) is 0 Å². The quantitative estimate of drug-likeness (QED) is 0.282. The Kier molecular flexibility index (Phi) is 14.7. The molecule has 12 heteroatoms. The summed E-state index contributed by atoms with van der Waals surface area (Å²) in [7, 11) is 0. The van der Waals surface area contributed by atoms with Gasteiger partial charge in [-0.1, -0.05) is 36.4 Å². The maximum Gasteiger partial charge on any atom is 0.490 e. The molecule has 0 amide bonds. The molecule has 0 radical (unpaired) electrons. The van der Waals surface area contributed by atoms with E-state index in [2.05, 4.69) is 69.4 Å². The normalized spacial score (nSPS) is 10.0. The van der Waals surface area contributed by atoms with Gasteiger partial charge in [0.25, 0.3) is 0 Å². The minimum Gasteiger partial charge on any atom is -0.475 e. The van der Waals surface area contributed by atoms with E-state index in [1.165, 1.54) is 7.14 Å². The van der Waals surface area contributed by atoms with Crippen molar-refractivity contribution in [1.29, 1.82) is 0 Å². The first-order chi connectivity index (χ1) is 12.7. The van der Waals surface area contributed by atoms with Crippen LogP contribution in [0.15, 0.2) is 60.7 Å². The summed E-state index contributed by atoms with van der Waals surface area (Å²) >= 11 is 4.56. The molecular formula is C16H12F6I2O4. The number of halogens is 8. The van der Waals surface area contributed by atoms with Crippen molar-refractivity contribution in [1.82, 2.24) is 0 Å². The summed E-state index contributed by atoms with van der Waals surface area (Å²) in [6.07, 6.45) is -10.2. The third-order valence-electron chi connectivity index (χ3n) is 1.95. The lowest BCUT2D eigenvalue weighted by Gasteiger charge is -1.93. The van der Waals surface area contributed by atoms with Crippen LogP contribution < -0.4 is 0 Å². The van der Waals surface area contributed by atoms with E-state index >= 15 is 0 Å². The fourth-order valence-electron chi connectivity index (χ4n) is 0.829. The summed E-state index contributed by atoms with van der Waals surface area (Å²) in [6, 6.07) is 20.4. The van der Waals surface area contributed by atoms with E-state index in [9.17, 15) is 26.3 Å². The number of aliphatic carboxylic acids is 2. The first-order valence-electron chi connectivity index (χ1n) is 6.69. The molecule has 0 bridgehead atoms. The number of carbonyl (C=O) groups is 2. The van der Waals surface area contributed by atoms with Crippen molar-refractivity contribution in [2.24, 2.45) is 0 Å². The Morgan fingerprint density at radius 2 is 0.786 bits per heavy atom. The maximum atomic E-state index is 10.6. The zero-order valence-corrected chi connectivity index (χ0v) is 17.8. The number of hydrogen-bond donors (Lipinski definition) is 2. The molecule has 0 aliphatic carbocycles. The molecule has 0 saturated heterocycles. The molecule has 0 aliphatic rings. The Bertz CT molecular complexity index is 630. The third-order valence-corrected chi connectivity index (χ3v) is 3.39. The van der Waals surface area contributed by atoms with Gasteiger partial charge >= 0.3 is 24.3 Å². The third kappa shape index (κ3) is 19.2. The first-order valence-corrected chi connectivity index (χ1v) is 8.85. The summed E-state index contributed by atoms with van der Waals surface area (Å²) in [5.74, 6) is -5.51. The van der Waals surface area contributed by atoms with Crippen molar-refractivity contribution < 1.29 is 46.1 Å². The fraction of sp³-hybridized carbons (Fsp3) is 0.125. The molecular weight excluding hydrogens is 624 g/mol. The molecule has 0 fully saturated rings. The van der Waals surface area contributed by atoms with Gasteiger partial charge in [-0.2, -0.15) is 26.3 Å². The number of alkyl halides is 6. The van der Waals surface area contributed by atoms with Gasteiger partial charge in [0.2, 0.25) is 0 Å². The van der Waals surface area contributed by atoms with Gasteiger partial charge in [0.15, 0.2) is 0 Å². The van der Waals surface area contributed by atoms with Crippen LogP contribution in [0.1, 0.15) is 0 Å². The molecule has 2 aromatic carbocycles. The van der Waals surface area contributed by atoms with Crippen molar-refractivity contribution in [2.75, 3.05) is 0 Å². The van der Waals surface area contributed by atoms with Crippen molar-refractivity contribution in [2.45, 2.75) is 12.4 Å². The topological polar surface area (TPSA) is 74.6 Å². The Morgan fingerprint density at radius 1 is 0.607 bits per heavy atom. The van der Waals surface area contributed by atoms with Crippen LogP contribution in [0.4, 0.5) is 26.3 Å². The van der Waals surface area contributed by atoms with Crippen LogP contribution in [0.5, 0.6) is 0 Å². The smallest absolute Gasteiger partial charge is 0.475 e. The monoisotopic (exact) mass is 636 g/mol. The minimum absolute atomic E-state index is 1.29. The highest BCUT2D eigenvalue weighted by molar-refractivity contribution is 14.1. The molecule has 2 aromatic rings. The molecule has 4 nitrogen and oxygen atoms in total. The Morgan fingerprint density at radius 3 is 0.857 bits per heavy atom. The molecule has 0 spiro atoms. The molecule has 0 unspecified atom stereocenters. The second kappa shape index (κ2) is 14.4. The summed E-state index contributed by atoms with van der Waals surface area (Å²) in [6.45, 7) is 0. The van der Waals surface area contributed by atoms with Crippen LogP contribution in [0, 0.1) is 7.14 Å². The minimum atomic E-state index is -5.08. The fourth-order valence-corrected chi connectivity index (χ4v) is 1.66. The number of hydrogen-bond acceptors (Lipinski definition) is 2. The van der Waals surface area contributed by atoms with Crippen LogP contribution in [-0.4, -0.2) is 34.5 Å². The highest BCUT2D eigenvalue weighted by Gasteiger charge is 2.38. The van der Waals surface area contributed by atoms with Crippen LogP contribution in [-0.2, 0) is 9.59 Å². The Hall–Kier alpha value is -1.58. The zero-order chi connectivity index (χ0) is 22.4. The van der Waals surface area contributed by atoms with E-state index in [1.807, 2.05) is 36.4 Å². The van der Waals surface area contributed by atoms with Gasteiger partial charge in [-0.05, 0) is 69.4 Å². The van der Waals surface area contributed by atoms with E-state index in [-0.39, 0.29) is 0 Å². The number of benzene rings is 2. The molecule has 156 valence electrons.